The van der Waals surface area contributed by atoms with E-state index in [1.807, 2.05) is 0 Å². The van der Waals surface area contributed by atoms with Crippen molar-refractivity contribution in [2.24, 2.45) is 0 Å². The maximum atomic E-state index is 12.0. The van der Waals surface area contributed by atoms with Crippen molar-refractivity contribution in [1.82, 2.24) is 0 Å². The van der Waals surface area contributed by atoms with Crippen molar-refractivity contribution in [1.29, 1.82) is 0 Å². The summed E-state index contributed by atoms with van der Waals surface area (Å²) in [6, 6.07) is 7.30. The van der Waals surface area contributed by atoms with Crippen molar-refractivity contribution in [3.8, 4) is 11.5 Å². The first-order chi connectivity index (χ1) is 9.86. The van der Waals surface area contributed by atoms with Gasteiger partial charge in [0.25, 0.3) is 5.91 Å². The van der Waals surface area contributed by atoms with Gasteiger partial charge in [-0.3, -0.25) is 4.79 Å². The number of phenolic OH excluding ortho intramolecular Hbond substituents is 2. The lowest BCUT2D eigenvalue weighted by Gasteiger charge is -2.08. The molecule has 0 aliphatic carbocycles. The van der Waals surface area contributed by atoms with Crippen molar-refractivity contribution in [3.05, 3.63) is 52.5 Å². The van der Waals surface area contributed by atoms with E-state index in [1.165, 1.54) is 30.3 Å². The maximum Gasteiger partial charge on any atom is 0.335 e. The Morgan fingerprint density at radius 3 is 2.10 bits per heavy atom. The summed E-state index contributed by atoms with van der Waals surface area (Å²) < 4.78 is 0. The van der Waals surface area contributed by atoms with Gasteiger partial charge in [0.05, 0.1) is 16.3 Å². The van der Waals surface area contributed by atoms with Gasteiger partial charge in [-0.1, -0.05) is 11.6 Å². The molecule has 2 aromatic rings. The summed E-state index contributed by atoms with van der Waals surface area (Å²) in [6.07, 6.45) is 0. The van der Waals surface area contributed by atoms with Crippen LogP contribution in [0.25, 0.3) is 0 Å². The zero-order chi connectivity index (χ0) is 15.6. The molecule has 0 spiro atoms. The van der Waals surface area contributed by atoms with Crippen LogP contribution in [0.4, 0.5) is 5.69 Å². The second-order valence-electron chi connectivity index (χ2n) is 4.19. The third kappa shape index (κ3) is 3.43. The molecule has 0 bridgehead atoms. The molecular formula is C14H10ClNO5. The Labute approximate surface area is 124 Å². The fourth-order valence-electron chi connectivity index (χ4n) is 1.67. The number of carbonyl (C=O) groups excluding carboxylic acids is 1. The van der Waals surface area contributed by atoms with Crippen LogP contribution in [-0.4, -0.2) is 27.2 Å². The predicted molar refractivity (Wildman–Crippen MR) is 76.1 cm³/mol. The fourth-order valence-corrected chi connectivity index (χ4v) is 1.90. The SMILES string of the molecule is O=C(O)c1ccc(NC(=O)c2cc(O)cc(O)c2)c(Cl)c1. The van der Waals surface area contributed by atoms with Gasteiger partial charge in [-0.15, -0.1) is 0 Å². The lowest BCUT2D eigenvalue weighted by atomic mass is 10.1. The van der Waals surface area contributed by atoms with Crippen LogP contribution in [0.3, 0.4) is 0 Å². The van der Waals surface area contributed by atoms with E-state index in [0.717, 1.165) is 6.07 Å². The van der Waals surface area contributed by atoms with E-state index in [1.54, 1.807) is 0 Å². The molecule has 0 heterocycles. The van der Waals surface area contributed by atoms with Crippen LogP contribution in [0.1, 0.15) is 20.7 Å². The molecule has 108 valence electrons. The molecule has 6 nitrogen and oxygen atoms in total. The van der Waals surface area contributed by atoms with Crippen LogP contribution >= 0.6 is 11.6 Å². The van der Waals surface area contributed by atoms with Gasteiger partial charge in [-0.05, 0) is 30.3 Å². The Morgan fingerprint density at radius 2 is 1.57 bits per heavy atom. The number of aromatic hydroxyl groups is 2. The highest BCUT2D eigenvalue weighted by atomic mass is 35.5. The fraction of sp³-hybridized carbons (Fsp3) is 0. The maximum absolute atomic E-state index is 12.0. The first-order valence-electron chi connectivity index (χ1n) is 5.74. The number of benzene rings is 2. The summed E-state index contributed by atoms with van der Waals surface area (Å²) in [7, 11) is 0. The highest BCUT2D eigenvalue weighted by Gasteiger charge is 2.12. The highest BCUT2D eigenvalue weighted by Crippen LogP contribution is 2.25. The average molecular weight is 308 g/mol. The number of halogens is 1. The van der Waals surface area contributed by atoms with Gasteiger partial charge in [-0.2, -0.15) is 0 Å². The lowest BCUT2D eigenvalue weighted by molar-refractivity contribution is 0.0696. The number of hydrogen-bond acceptors (Lipinski definition) is 4. The van der Waals surface area contributed by atoms with Crippen molar-refractivity contribution in [2.45, 2.75) is 0 Å². The number of carboxylic acid groups (broad SMARTS) is 1. The molecule has 0 fully saturated rings. The molecule has 0 aromatic heterocycles. The summed E-state index contributed by atoms with van der Waals surface area (Å²) in [4.78, 5) is 22.8. The number of anilines is 1. The smallest absolute Gasteiger partial charge is 0.335 e. The molecule has 0 atom stereocenters. The molecule has 0 aliphatic heterocycles. The Hall–Kier alpha value is -2.73. The normalized spacial score (nSPS) is 10.1. The Kier molecular flexibility index (Phi) is 4.00. The van der Waals surface area contributed by atoms with Crippen LogP contribution in [-0.2, 0) is 0 Å². The third-order valence-corrected chi connectivity index (χ3v) is 2.94. The quantitative estimate of drug-likeness (QED) is 0.697. The number of carbonyl (C=O) groups is 2. The second-order valence-corrected chi connectivity index (χ2v) is 4.60. The van der Waals surface area contributed by atoms with E-state index in [2.05, 4.69) is 5.32 Å². The monoisotopic (exact) mass is 307 g/mol. The molecule has 2 rings (SSSR count). The zero-order valence-corrected chi connectivity index (χ0v) is 11.3. The first-order valence-corrected chi connectivity index (χ1v) is 6.12. The molecule has 0 unspecified atom stereocenters. The topological polar surface area (TPSA) is 107 Å². The molecule has 21 heavy (non-hydrogen) atoms. The molecular weight excluding hydrogens is 298 g/mol. The third-order valence-electron chi connectivity index (χ3n) is 2.63. The molecule has 2 aromatic carbocycles. The first kappa shape index (κ1) is 14.7. The van der Waals surface area contributed by atoms with E-state index in [-0.39, 0.29) is 33.3 Å². The Morgan fingerprint density at radius 1 is 0.952 bits per heavy atom. The summed E-state index contributed by atoms with van der Waals surface area (Å²) >= 11 is 5.89. The Balaban J connectivity index is 2.25. The summed E-state index contributed by atoms with van der Waals surface area (Å²) in [5.74, 6) is -2.25. The van der Waals surface area contributed by atoms with Crippen molar-refractivity contribution >= 4 is 29.2 Å². The minimum absolute atomic E-state index is 0.00648. The van der Waals surface area contributed by atoms with Crippen LogP contribution in [0, 0.1) is 0 Å². The van der Waals surface area contributed by atoms with E-state index in [4.69, 9.17) is 16.7 Å². The van der Waals surface area contributed by atoms with E-state index in [9.17, 15) is 19.8 Å². The number of phenols is 2. The van der Waals surface area contributed by atoms with Gasteiger partial charge in [-0.25, -0.2) is 4.79 Å². The van der Waals surface area contributed by atoms with Crippen LogP contribution in [0.15, 0.2) is 36.4 Å². The summed E-state index contributed by atoms with van der Waals surface area (Å²) in [5.41, 5.74) is 0.244. The molecule has 0 aliphatic rings. The van der Waals surface area contributed by atoms with Gasteiger partial charge in [0, 0.05) is 11.6 Å². The minimum Gasteiger partial charge on any atom is -0.508 e. The van der Waals surface area contributed by atoms with Crippen LogP contribution in [0.2, 0.25) is 5.02 Å². The van der Waals surface area contributed by atoms with E-state index >= 15 is 0 Å². The van der Waals surface area contributed by atoms with Gasteiger partial charge < -0.3 is 20.6 Å². The largest absolute Gasteiger partial charge is 0.508 e. The molecule has 0 saturated carbocycles. The second kappa shape index (κ2) is 5.72. The van der Waals surface area contributed by atoms with E-state index < -0.39 is 11.9 Å². The highest BCUT2D eigenvalue weighted by molar-refractivity contribution is 6.34. The van der Waals surface area contributed by atoms with Crippen LogP contribution in [0.5, 0.6) is 11.5 Å². The number of nitrogens with one attached hydrogen (secondary N) is 1. The standard InChI is InChI=1S/C14H10ClNO5/c15-11-5-7(14(20)21)1-2-12(11)16-13(19)8-3-9(17)6-10(18)4-8/h1-6,17-18H,(H,16,19)(H,20,21). The zero-order valence-electron chi connectivity index (χ0n) is 10.5. The Bertz CT molecular complexity index is 709. The number of rotatable bonds is 3. The molecule has 0 saturated heterocycles. The van der Waals surface area contributed by atoms with Gasteiger partial charge >= 0.3 is 5.97 Å². The summed E-state index contributed by atoms with van der Waals surface area (Å²) in [6.45, 7) is 0. The molecule has 7 heteroatoms. The number of carboxylic acids is 1. The molecule has 0 radical (unpaired) electrons. The number of amides is 1. The average Bonchev–Trinajstić information content (AvgIpc) is 2.39. The summed E-state index contributed by atoms with van der Waals surface area (Å²) in [5, 5.41) is 30.0. The molecule has 1 amide bonds. The van der Waals surface area contributed by atoms with Crippen molar-refractivity contribution < 1.29 is 24.9 Å². The van der Waals surface area contributed by atoms with Gasteiger partial charge in [0.1, 0.15) is 11.5 Å². The van der Waals surface area contributed by atoms with Gasteiger partial charge in [0.2, 0.25) is 0 Å². The minimum atomic E-state index is -1.13. The predicted octanol–water partition coefficient (Wildman–Crippen LogP) is 2.70. The van der Waals surface area contributed by atoms with Crippen molar-refractivity contribution in [2.75, 3.05) is 5.32 Å². The lowest BCUT2D eigenvalue weighted by Crippen LogP contribution is -2.12. The number of hydrogen-bond donors (Lipinski definition) is 4. The van der Waals surface area contributed by atoms with Crippen LogP contribution < -0.4 is 5.32 Å². The van der Waals surface area contributed by atoms with E-state index in [0.29, 0.717) is 0 Å². The number of aromatic carboxylic acids is 1. The van der Waals surface area contributed by atoms with Gasteiger partial charge in [0.15, 0.2) is 0 Å². The van der Waals surface area contributed by atoms with Crippen molar-refractivity contribution in [3.63, 3.8) is 0 Å². The molecule has 4 N–H and O–H groups in total.